The Bertz CT molecular complexity index is 377. The maximum absolute atomic E-state index is 5.83. The lowest BCUT2D eigenvalue weighted by Gasteiger charge is -2.13. The Balaban J connectivity index is 1.81. The van der Waals surface area contributed by atoms with Gasteiger partial charge in [-0.15, -0.1) is 0 Å². The first-order valence-electron chi connectivity index (χ1n) is 6.12. The van der Waals surface area contributed by atoms with Crippen molar-refractivity contribution in [3.63, 3.8) is 0 Å². The van der Waals surface area contributed by atoms with Crippen LogP contribution in [0.1, 0.15) is 36.0 Å². The van der Waals surface area contributed by atoms with Gasteiger partial charge in [-0.2, -0.15) is 0 Å². The van der Waals surface area contributed by atoms with Crippen molar-refractivity contribution in [1.29, 1.82) is 0 Å². The predicted octanol–water partition coefficient (Wildman–Crippen LogP) is 2.46. The van der Waals surface area contributed by atoms with Crippen LogP contribution in [0.2, 0.25) is 0 Å². The molecule has 2 N–H and O–H groups in total. The summed E-state index contributed by atoms with van der Waals surface area (Å²) in [4.78, 5) is 0. The SMILES string of the molecule is NCC1(Cc2ccc3c(c2)CCC3)CC1. The van der Waals surface area contributed by atoms with Crippen LogP contribution in [0.3, 0.4) is 0 Å². The van der Waals surface area contributed by atoms with E-state index in [1.54, 1.807) is 11.1 Å². The third kappa shape index (κ3) is 1.69. The van der Waals surface area contributed by atoms with Gasteiger partial charge in [-0.25, -0.2) is 0 Å². The summed E-state index contributed by atoms with van der Waals surface area (Å²) >= 11 is 0. The average Bonchev–Trinajstić information content (AvgIpc) is 2.88. The van der Waals surface area contributed by atoms with Crippen LogP contribution in [0.15, 0.2) is 18.2 Å². The first kappa shape index (κ1) is 9.41. The lowest BCUT2D eigenvalue weighted by Crippen LogP contribution is -2.17. The van der Waals surface area contributed by atoms with Crippen molar-refractivity contribution in [1.82, 2.24) is 0 Å². The van der Waals surface area contributed by atoms with E-state index < -0.39 is 0 Å². The molecule has 80 valence electrons. The Morgan fingerprint density at radius 2 is 1.93 bits per heavy atom. The summed E-state index contributed by atoms with van der Waals surface area (Å²) in [6.45, 7) is 0.865. The van der Waals surface area contributed by atoms with Gasteiger partial charge in [-0.3, -0.25) is 0 Å². The predicted molar refractivity (Wildman–Crippen MR) is 62.9 cm³/mol. The fraction of sp³-hybridized carbons (Fsp3) is 0.571. The zero-order valence-corrected chi connectivity index (χ0v) is 9.26. The normalized spacial score (nSPS) is 21.4. The largest absolute Gasteiger partial charge is 0.330 e. The van der Waals surface area contributed by atoms with Gasteiger partial charge in [0.25, 0.3) is 0 Å². The maximum Gasteiger partial charge on any atom is -0.00173 e. The van der Waals surface area contributed by atoms with E-state index >= 15 is 0 Å². The van der Waals surface area contributed by atoms with Gasteiger partial charge < -0.3 is 5.73 Å². The molecule has 0 aliphatic heterocycles. The van der Waals surface area contributed by atoms with E-state index in [4.69, 9.17) is 5.73 Å². The van der Waals surface area contributed by atoms with Crippen molar-refractivity contribution in [3.8, 4) is 0 Å². The monoisotopic (exact) mass is 201 g/mol. The number of fused-ring (bicyclic) bond motifs is 1. The molecule has 0 unspecified atom stereocenters. The molecule has 1 aromatic rings. The fourth-order valence-corrected chi connectivity index (χ4v) is 2.80. The van der Waals surface area contributed by atoms with E-state index in [0.29, 0.717) is 5.41 Å². The Morgan fingerprint density at radius 1 is 1.13 bits per heavy atom. The van der Waals surface area contributed by atoms with Gasteiger partial charge in [-0.05, 0) is 67.2 Å². The Kier molecular flexibility index (Phi) is 2.10. The molecule has 1 fully saturated rings. The molecule has 0 radical (unpaired) electrons. The summed E-state index contributed by atoms with van der Waals surface area (Å²) < 4.78 is 0. The Morgan fingerprint density at radius 3 is 2.67 bits per heavy atom. The minimum absolute atomic E-state index is 0.479. The fourth-order valence-electron chi connectivity index (χ4n) is 2.80. The molecule has 0 amide bonds. The highest BCUT2D eigenvalue weighted by molar-refractivity contribution is 5.36. The van der Waals surface area contributed by atoms with Crippen LogP contribution in [0.25, 0.3) is 0 Å². The highest BCUT2D eigenvalue weighted by Crippen LogP contribution is 2.47. The van der Waals surface area contributed by atoms with Crippen LogP contribution in [0.5, 0.6) is 0 Å². The highest BCUT2D eigenvalue weighted by Gasteiger charge is 2.40. The summed E-state index contributed by atoms with van der Waals surface area (Å²) in [6, 6.07) is 7.09. The zero-order chi connectivity index (χ0) is 10.3. The molecule has 0 bridgehead atoms. The lowest BCUT2D eigenvalue weighted by molar-refractivity contribution is 0.521. The molecule has 1 aromatic carbocycles. The quantitative estimate of drug-likeness (QED) is 0.798. The van der Waals surface area contributed by atoms with E-state index in [1.807, 2.05) is 0 Å². The van der Waals surface area contributed by atoms with Gasteiger partial charge in [0.2, 0.25) is 0 Å². The van der Waals surface area contributed by atoms with Crippen LogP contribution in [-0.4, -0.2) is 6.54 Å². The second kappa shape index (κ2) is 3.34. The van der Waals surface area contributed by atoms with Crippen LogP contribution in [-0.2, 0) is 19.3 Å². The molecular formula is C14H19N. The van der Waals surface area contributed by atoms with Crippen LogP contribution < -0.4 is 5.73 Å². The number of aryl methyl sites for hydroxylation is 2. The molecule has 0 atom stereocenters. The third-order valence-electron chi connectivity index (χ3n) is 4.13. The van der Waals surface area contributed by atoms with Gasteiger partial charge in [0.1, 0.15) is 0 Å². The summed E-state index contributed by atoms with van der Waals surface area (Å²) in [5.74, 6) is 0. The van der Waals surface area contributed by atoms with E-state index in [9.17, 15) is 0 Å². The van der Waals surface area contributed by atoms with Crippen molar-refractivity contribution >= 4 is 0 Å². The van der Waals surface area contributed by atoms with Gasteiger partial charge in [0.15, 0.2) is 0 Å². The second-order valence-electron chi connectivity index (χ2n) is 5.34. The van der Waals surface area contributed by atoms with Crippen molar-refractivity contribution < 1.29 is 0 Å². The second-order valence-corrected chi connectivity index (χ2v) is 5.34. The molecule has 0 aromatic heterocycles. The number of hydrogen-bond acceptors (Lipinski definition) is 1. The first-order valence-corrected chi connectivity index (χ1v) is 6.12. The summed E-state index contributed by atoms with van der Waals surface area (Å²) in [7, 11) is 0. The molecule has 0 heterocycles. The molecule has 1 nitrogen and oxygen atoms in total. The minimum Gasteiger partial charge on any atom is -0.330 e. The smallest absolute Gasteiger partial charge is 0.00173 e. The number of nitrogens with two attached hydrogens (primary N) is 1. The van der Waals surface area contributed by atoms with E-state index in [0.717, 1.165) is 6.54 Å². The van der Waals surface area contributed by atoms with E-state index in [2.05, 4.69) is 18.2 Å². The summed E-state index contributed by atoms with van der Waals surface area (Å²) in [5, 5.41) is 0. The van der Waals surface area contributed by atoms with Gasteiger partial charge in [-0.1, -0.05) is 18.2 Å². The molecule has 2 aliphatic carbocycles. The van der Waals surface area contributed by atoms with Gasteiger partial charge in [0.05, 0.1) is 0 Å². The lowest BCUT2D eigenvalue weighted by atomic mass is 9.94. The molecule has 1 heteroatoms. The molecule has 1 saturated carbocycles. The number of rotatable bonds is 3. The topological polar surface area (TPSA) is 26.0 Å². The molecule has 0 saturated heterocycles. The third-order valence-corrected chi connectivity index (χ3v) is 4.13. The van der Waals surface area contributed by atoms with Crippen molar-refractivity contribution in [3.05, 3.63) is 34.9 Å². The first-order chi connectivity index (χ1) is 7.31. The summed E-state index contributed by atoms with van der Waals surface area (Å²) in [5.41, 5.74) is 11.0. The van der Waals surface area contributed by atoms with Crippen LogP contribution >= 0.6 is 0 Å². The van der Waals surface area contributed by atoms with E-state index in [-0.39, 0.29) is 0 Å². The van der Waals surface area contributed by atoms with E-state index in [1.165, 1.54) is 44.1 Å². The molecule has 3 rings (SSSR count). The van der Waals surface area contributed by atoms with Crippen LogP contribution in [0, 0.1) is 5.41 Å². The van der Waals surface area contributed by atoms with Crippen molar-refractivity contribution in [2.24, 2.45) is 11.1 Å². The molecule has 15 heavy (non-hydrogen) atoms. The standard InChI is InChI=1S/C14H19N/c15-10-14(6-7-14)9-11-4-5-12-2-1-3-13(12)8-11/h4-5,8H,1-3,6-7,9-10,15H2. The Hall–Kier alpha value is -0.820. The summed E-state index contributed by atoms with van der Waals surface area (Å²) in [6.07, 6.45) is 7.80. The number of benzene rings is 1. The molecular weight excluding hydrogens is 182 g/mol. The Labute approximate surface area is 91.7 Å². The van der Waals surface area contributed by atoms with Crippen molar-refractivity contribution in [2.45, 2.75) is 38.5 Å². The van der Waals surface area contributed by atoms with Crippen molar-refractivity contribution in [2.75, 3.05) is 6.54 Å². The van der Waals surface area contributed by atoms with Gasteiger partial charge >= 0.3 is 0 Å². The van der Waals surface area contributed by atoms with Crippen LogP contribution in [0.4, 0.5) is 0 Å². The molecule has 2 aliphatic rings. The zero-order valence-electron chi connectivity index (χ0n) is 9.26. The highest BCUT2D eigenvalue weighted by atomic mass is 14.6. The maximum atomic E-state index is 5.83. The minimum atomic E-state index is 0.479. The van der Waals surface area contributed by atoms with Gasteiger partial charge in [0, 0.05) is 0 Å². The average molecular weight is 201 g/mol. The number of hydrogen-bond donors (Lipinski definition) is 1. The molecule has 0 spiro atoms.